The van der Waals surface area contributed by atoms with Crippen molar-refractivity contribution in [1.82, 2.24) is 122 Å². The number of fused-ring (bicyclic) bond motifs is 1. The smallest absolute Gasteiger partial charge is 0.317 e. The summed E-state index contributed by atoms with van der Waals surface area (Å²) in [5, 5.41) is 92.9. The molecule has 0 unspecified atom stereocenters. The van der Waals surface area contributed by atoms with Gasteiger partial charge < -0.3 is 156 Å². The lowest BCUT2D eigenvalue weighted by atomic mass is 9.98. The molecule has 5 rings (SSSR count). The predicted molar refractivity (Wildman–Crippen MR) is 538 cm³/mol. The predicted octanol–water partition coefficient (Wildman–Crippen LogP) is -5.01. The Kier molecular flexibility index (Phi) is 63.5. The largest absolute Gasteiger partial charge is 0.480 e. The van der Waals surface area contributed by atoms with Gasteiger partial charge in [-0.25, -0.2) is 5.10 Å². The van der Waals surface area contributed by atoms with Crippen molar-refractivity contribution in [3.63, 3.8) is 0 Å². The van der Waals surface area contributed by atoms with E-state index in [9.17, 15) is 87.5 Å². The van der Waals surface area contributed by atoms with E-state index in [2.05, 4.69) is 107 Å². The van der Waals surface area contributed by atoms with Crippen molar-refractivity contribution < 1.29 is 121 Å². The van der Waals surface area contributed by atoms with E-state index in [4.69, 9.17) is 38.1 Å². The normalized spacial score (nSPS) is 18.1. The van der Waals surface area contributed by atoms with Gasteiger partial charge in [-0.2, -0.15) is 0 Å². The first-order valence-corrected chi connectivity index (χ1v) is 49.7. The van der Waals surface area contributed by atoms with Crippen LogP contribution in [0.5, 0.6) is 0 Å². The lowest BCUT2D eigenvalue weighted by molar-refractivity contribution is -0.143. The van der Waals surface area contributed by atoms with Crippen LogP contribution in [-0.2, 0) is 113 Å². The minimum Gasteiger partial charge on any atom is -0.480 e. The molecule has 3 aromatic rings. The Morgan fingerprint density at radius 2 is 1.18 bits per heavy atom. The van der Waals surface area contributed by atoms with Crippen LogP contribution in [0.25, 0.3) is 5.57 Å². The molecule has 826 valence electrons. The Bertz CT molecular complexity index is 4690. The van der Waals surface area contributed by atoms with Gasteiger partial charge in [0.1, 0.15) is 78.9 Å². The van der Waals surface area contributed by atoms with Gasteiger partial charge in [-0.3, -0.25) is 96.0 Å². The fourth-order valence-electron chi connectivity index (χ4n) is 15.9. The number of nitrogens with one attached hydrogen (secondary N) is 16. The Morgan fingerprint density at radius 3 is 1.79 bits per heavy atom. The molecule has 2 aliphatic rings. The molecular weight excluding hydrogens is 1930 g/mol. The molecule has 0 aliphatic carbocycles. The number of carbonyl (C=O) groups is 19. The Hall–Kier alpha value is -13.8. The van der Waals surface area contributed by atoms with Gasteiger partial charge >= 0.3 is 11.9 Å². The summed E-state index contributed by atoms with van der Waals surface area (Å²) in [5.41, 5.74) is 30.1. The standard InChI is InChI=1S/C95H150N26O25.2H3N/c1-3-4-31-66(86(135)111-69-37-39-79(126)102-41-25-24-32-65(85(100)134)107-89(138)70(46-60(2)62-29-20-17-21-30-62)112-87(136)67(33-26-40-101-59-97)108-90(139)71(47-61-27-18-16-19-28-61)114-94(143)75-49-64(123)53-121(75)95(69)144)109-92(141)73(51-104-81(128)54-120(55-83(130)131)56-84(132)133)115-91(140)72(48-63(98)50-96)113-88(137)68(36-38-76(99)124)110-93(142)74(57-122)106-80(127)52-105-82(129)58-146-45-44-145-43-42-103-78(125)35-23-15-13-11-9-7-5-6-8-10-12-14-22-34-77-116-118-119-117-77;;/h16-21,27-30,50,64-75,101,122-123H,2-15,22-26,31-49,51-59,96-98H2,1H3,(H2,99,124)(H2,100,134)(H,102,126)(H,103,125)(H,104,128)(H,105,129)(H,106,127)(H,107,138)(H,108,139)(H,109,141)(H,110,142)(H,111,135)(H,112,136)(H,113,137)(H,114,143)(H,115,140)(H,130,131)(H,132,133)(H,116,117,118,119);2*1H3/b63-50-;;/t64-,65+,66+,67+,68+,69+,70+,71-,72+,73+,74+,75+;;/m1../s1. The number of aliphatic hydroxyl groups excluding tert-OH is 2. The molecular formula is C95H156N28O25. The van der Waals surface area contributed by atoms with Crippen molar-refractivity contribution in [2.24, 2.45) is 28.7 Å². The summed E-state index contributed by atoms with van der Waals surface area (Å²) in [6, 6.07) is -1.89. The Morgan fingerprint density at radius 1 is 0.595 bits per heavy atom. The lowest BCUT2D eigenvalue weighted by Gasteiger charge is -2.31. The van der Waals surface area contributed by atoms with E-state index in [0.29, 0.717) is 34.4 Å². The topological polar surface area (TPSA) is 865 Å². The maximum Gasteiger partial charge on any atom is 0.317 e. The van der Waals surface area contributed by atoms with Crippen LogP contribution < -0.4 is 121 Å². The fraction of sp³-hybridized carbons (Fsp3) is 0.621. The minimum absolute atomic E-state index is 0. The summed E-state index contributed by atoms with van der Waals surface area (Å²) in [6.45, 7) is -0.513. The summed E-state index contributed by atoms with van der Waals surface area (Å²) in [4.78, 5) is 265. The monoisotopic (exact) mass is 2090 g/mol. The van der Waals surface area contributed by atoms with Crippen LogP contribution in [0.4, 0.5) is 0 Å². The van der Waals surface area contributed by atoms with Gasteiger partial charge in [0.05, 0.1) is 58.7 Å². The third-order valence-electron chi connectivity index (χ3n) is 23.8. The first kappa shape index (κ1) is 128. The van der Waals surface area contributed by atoms with Gasteiger partial charge in [0.2, 0.25) is 100 Å². The highest BCUT2D eigenvalue weighted by molar-refractivity contribution is 6.01. The van der Waals surface area contributed by atoms with E-state index in [0.717, 1.165) is 61.9 Å². The summed E-state index contributed by atoms with van der Waals surface area (Å²) < 4.78 is 10.8. The van der Waals surface area contributed by atoms with Crippen molar-refractivity contribution in [3.05, 3.63) is 96.1 Å². The number of hydrogen-bond acceptors (Lipinski definition) is 33. The number of H-pyrrole nitrogens is 1. The minimum atomic E-state index is -2.11. The lowest BCUT2D eigenvalue weighted by Crippen LogP contribution is -2.62. The van der Waals surface area contributed by atoms with E-state index in [-0.39, 0.29) is 128 Å². The average Bonchev–Trinajstić information content (AvgIpc) is 1.65. The first-order valence-electron chi connectivity index (χ1n) is 49.7. The fourth-order valence-corrected chi connectivity index (χ4v) is 15.9. The number of aromatic amines is 1. The zero-order valence-corrected chi connectivity index (χ0v) is 84.4. The van der Waals surface area contributed by atoms with Crippen LogP contribution in [-0.4, -0.2) is 334 Å². The van der Waals surface area contributed by atoms with Gasteiger partial charge in [-0.1, -0.05) is 158 Å². The number of benzene rings is 2. The van der Waals surface area contributed by atoms with Crippen molar-refractivity contribution in [3.8, 4) is 0 Å². The van der Waals surface area contributed by atoms with E-state index in [1.165, 1.54) is 44.9 Å². The van der Waals surface area contributed by atoms with Gasteiger partial charge in [-0.15, -0.1) is 5.10 Å². The number of hydrogen-bond donors (Lipinski definition) is 27. The van der Waals surface area contributed by atoms with Crippen LogP contribution in [0.15, 0.2) is 79.1 Å². The zero-order chi connectivity index (χ0) is 107. The summed E-state index contributed by atoms with van der Waals surface area (Å²) >= 11 is 0. The highest BCUT2D eigenvalue weighted by atomic mass is 16.5. The van der Waals surface area contributed by atoms with E-state index in [1.807, 2.05) is 0 Å². The maximum atomic E-state index is 15.5. The van der Waals surface area contributed by atoms with Gasteiger partial charge in [0, 0.05) is 96.1 Å². The number of carbonyl (C=O) groups excluding carboxylic acids is 17. The number of unbranched alkanes of at least 4 members (excludes halogenated alkanes) is 13. The number of primary amides is 2. The van der Waals surface area contributed by atoms with Crippen molar-refractivity contribution in [1.29, 1.82) is 0 Å². The van der Waals surface area contributed by atoms with Gasteiger partial charge in [0.15, 0.2) is 0 Å². The van der Waals surface area contributed by atoms with Crippen LogP contribution >= 0.6 is 0 Å². The number of rotatable bonds is 65. The third kappa shape index (κ3) is 52.5. The molecule has 0 saturated carbocycles. The van der Waals surface area contributed by atoms with E-state index in [1.54, 1.807) is 67.6 Å². The molecule has 0 spiro atoms. The molecule has 148 heavy (non-hydrogen) atoms. The van der Waals surface area contributed by atoms with E-state index >= 15 is 24.0 Å². The maximum absolute atomic E-state index is 15.5. The second-order valence-electron chi connectivity index (χ2n) is 35.8. The number of carboxylic acid groups (broad SMARTS) is 2. The van der Waals surface area contributed by atoms with Crippen molar-refractivity contribution in [2.45, 2.75) is 279 Å². The molecule has 3 heterocycles. The molecule has 53 nitrogen and oxygen atoms in total. The van der Waals surface area contributed by atoms with Gasteiger partial charge in [-0.05, 0) is 97.9 Å². The van der Waals surface area contributed by atoms with Crippen LogP contribution in [0.2, 0.25) is 0 Å². The quantitative estimate of drug-likeness (QED) is 0.0186. The molecule has 0 bridgehead atoms. The van der Waals surface area contributed by atoms with Crippen LogP contribution in [0.1, 0.15) is 210 Å². The number of nitrogens with zero attached hydrogens (tertiary/aromatic N) is 5. The van der Waals surface area contributed by atoms with Crippen LogP contribution in [0.3, 0.4) is 0 Å². The molecule has 0 radical (unpaired) electrons. The van der Waals surface area contributed by atoms with Gasteiger partial charge in [0.25, 0.3) is 0 Å². The van der Waals surface area contributed by atoms with Crippen molar-refractivity contribution >= 4 is 118 Å². The van der Waals surface area contributed by atoms with Crippen LogP contribution in [0, 0.1) is 0 Å². The molecule has 12 atom stereocenters. The number of carboxylic acids is 2. The number of aliphatic hydroxyl groups is 2. The Labute approximate surface area is 859 Å². The second kappa shape index (κ2) is 73.3. The summed E-state index contributed by atoms with van der Waals surface area (Å²) in [7, 11) is 0. The van der Waals surface area contributed by atoms with Crippen molar-refractivity contribution in [2.75, 3.05) is 98.6 Å². The highest BCUT2D eigenvalue weighted by Gasteiger charge is 2.45. The molecule has 2 aromatic carbocycles. The van der Waals surface area contributed by atoms with E-state index < -0.39 is 270 Å². The first-order chi connectivity index (χ1) is 70.0. The second-order valence-corrected chi connectivity index (χ2v) is 35.8. The molecule has 17 amide bonds. The average molecular weight is 2090 g/mol. The number of nitrogens with two attached hydrogens (primary N) is 5. The Balaban J connectivity index is 0.0000281. The number of aliphatic carboxylic acids is 2. The third-order valence-corrected chi connectivity index (χ3v) is 23.8. The number of aromatic nitrogens is 4. The molecule has 53 heteroatoms. The summed E-state index contributed by atoms with van der Waals surface area (Å²) in [5.74, 6) is -19.2. The number of tetrazole rings is 1. The highest BCUT2D eigenvalue weighted by Crippen LogP contribution is 2.24. The number of amides is 17. The molecule has 2 aliphatic heterocycles. The zero-order valence-electron chi connectivity index (χ0n) is 84.4. The molecule has 1 aromatic heterocycles. The molecule has 36 N–H and O–H groups in total. The summed E-state index contributed by atoms with van der Waals surface area (Å²) in [6.07, 6.45) is 11.7. The number of aryl methyl sites for hydroxylation is 1. The molecule has 2 fully saturated rings. The SMILES string of the molecule is C=C(C[C@@H]1NC(=O)[C@H](CCCNCN)NC(=O)[C@@H](Cc2ccccc2)NC(=O)[C@@H]2C[C@@H](O)CN2C(=O)[C@@H](NC(=O)[C@H](CCCC)NC(=O)[C@H](CNC(=O)CN(CC(=O)O)CC(=O)O)NC(=O)[C@H](C/C(N)=C/N)NC(=O)[C@H](CCC(N)=O)NC(=O)[C@H](CO)NC(=O)CNC(=O)COCCOCCNC(=O)CCCCCCCCCCCCCCCc2nnn[nH]2)CCC(=O)NCCCC[C@@H](C(N)=O)NC1=O)c1ccccc1.N.N. The molecule has 2 saturated heterocycles. The number of ether oxygens (including phenoxy) is 2.